The molecule has 82 valence electrons. The van der Waals surface area contributed by atoms with Crippen molar-refractivity contribution < 1.29 is 9.53 Å². The van der Waals surface area contributed by atoms with E-state index in [4.69, 9.17) is 4.74 Å². The van der Waals surface area contributed by atoms with E-state index in [9.17, 15) is 4.79 Å². The highest BCUT2D eigenvalue weighted by molar-refractivity contribution is 5.76. The summed E-state index contributed by atoms with van der Waals surface area (Å²) in [6, 6.07) is 0. The smallest absolute Gasteiger partial charge is 0.224 e. The van der Waals surface area contributed by atoms with Crippen LogP contribution < -0.4 is 0 Å². The summed E-state index contributed by atoms with van der Waals surface area (Å²) in [6.45, 7) is 8.44. The molecule has 0 spiro atoms. The van der Waals surface area contributed by atoms with Gasteiger partial charge < -0.3 is 9.64 Å². The molecule has 0 aliphatic carbocycles. The van der Waals surface area contributed by atoms with Crippen LogP contribution in [0, 0.1) is 0 Å². The number of hydrogen-bond acceptors (Lipinski definition) is 2. The number of nitrogens with zero attached hydrogens (tertiary/aromatic N) is 1. The molecule has 0 aromatic rings. The molecule has 1 saturated heterocycles. The highest BCUT2D eigenvalue weighted by Gasteiger charge is 2.18. The third-order valence-electron chi connectivity index (χ3n) is 2.31. The molecule has 1 amide bonds. The van der Waals surface area contributed by atoms with Gasteiger partial charge in [0.2, 0.25) is 5.91 Å². The van der Waals surface area contributed by atoms with Crippen LogP contribution in [0.4, 0.5) is 0 Å². The van der Waals surface area contributed by atoms with Crippen molar-refractivity contribution in [2.45, 2.75) is 45.6 Å². The summed E-state index contributed by atoms with van der Waals surface area (Å²) in [5.74, 6) is 0.242. The number of rotatable bonds is 3. The van der Waals surface area contributed by atoms with Crippen LogP contribution in [0.3, 0.4) is 0 Å². The molecule has 0 bridgehead atoms. The predicted octanol–water partition coefficient (Wildman–Crippen LogP) is 1.81. The Labute approximate surface area is 86.4 Å². The second kappa shape index (κ2) is 4.78. The van der Waals surface area contributed by atoms with E-state index in [1.807, 2.05) is 25.7 Å². The molecule has 0 radical (unpaired) electrons. The van der Waals surface area contributed by atoms with Gasteiger partial charge in [0.05, 0.1) is 18.6 Å². The largest absolute Gasteiger partial charge is 0.375 e. The number of carbonyl (C=O) groups excluding carboxylic acids is 1. The molecule has 1 aliphatic rings. The monoisotopic (exact) mass is 199 g/mol. The fourth-order valence-corrected chi connectivity index (χ4v) is 1.57. The third kappa shape index (κ3) is 4.09. The zero-order chi connectivity index (χ0) is 10.6. The van der Waals surface area contributed by atoms with Crippen LogP contribution in [0.1, 0.15) is 40.0 Å². The summed E-state index contributed by atoms with van der Waals surface area (Å²) in [4.78, 5) is 13.5. The zero-order valence-corrected chi connectivity index (χ0v) is 9.51. The molecule has 3 nitrogen and oxygen atoms in total. The summed E-state index contributed by atoms with van der Waals surface area (Å²) in [7, 11) is 0. The summed E-state index contributed by atoms with van der Waals surface area (Å²) in [5, 5.41) is 0. The topological polar surface area (TPSA) is 29.5 Å². The fourth-order valence-electron chi connectivity index (χ4n) is 1.57. The molecule has 1 fully saturated rings. The summed E-state index contributed by atoms with van der Waals surface area (Å²) in [5.41, 5.74) is -0.134. The molecule has 3 heteroatoms. The first-order valence-corrected chi connectivity index (χ1v) is 5.41. The molecule has 0 N–H and O–H groups in total. The lowest BCUT2D eigenvalue weighted by Crippen LogP contribution is -2.30. The van der Waals surface area contributed by atoms with Crippen molar-refractivity contribution in [3.63, 3.8) is 0 Å². The van der Waals surface area contributed by atoms with Crippen LogP contribution in [-0.2, 0) is 9.53 Å². The van der Waals surface area contributed by atoms with Crippen molar-refractivity contribution in [3.8, 4) is 0 Å². The van der Waals surface area contributed by atoms with Gasteiger partial charge in [0.1, 0.15) is 0 Å². The maximum Gasteiger partial charge on any atom is 0.224 e. The molecule has 0 atom stereocenters. The van der Waals surface area contributed by atoms with Gasteiger partial charge in [-0.1, -0.05) is 0 Å². The average Bonchev–Trinajstić information content (AvgIpc) is 2.53. The van der Waals surface area contributed by atoms with Crippen molar-refractivity contribution in [3.05, 3.63) is 0 Å². The van der Waals surface area contributed by atoms with E-state index in [0.717, 1.165) is 25.9 Å². The van der Waals surface area contributed by atoms with E-state index in [1.54, 1.807) is 0 Å². The molecular weight excluding hydrogens is 178 g/mol. The second-order valence-corrected chi connectivity index (χ2v) is 4.80. The van der Waals surface area contributed by atoms with Gasteiger partial charge in [0.15, 0.2) is 0 Å². The molecule has 0 unspecified atom stereocenters. The Morgan fingerprint density at radius 3 is 2.36 bits per heavy atom. The Morgan fingerprint density at radius 2 is 1.86 bits per heavy atom. The van der Waals surface area contributed by atoms with Crippen LogP contribution in [-0.4, -0.2) is 36.1 Å². The van der Waals surface area contributed by atoms with Crippen molar-refractivity contribution in [2.24, 2.45) is 0 Å². The number of hydrogen-bond donors (Lipinski definition) is 0. The van der Waals surface area contributed by atoms with Gasteiger partial charge in [-0.2, -0.15) is 0 Å². The number of carbonyl (C=O) groups is 1. The van der Waals surface area contributed by atoms with Crippen molar-refractivity contribution in [1.82, 2.24) is 4.90 Å². The van der Waals surface area contributed by atoms with Crippen molar-refractivity contribution >= 4 is 5.91 Å². The van der Waals surface area contributed by atoms with E-state index in [2.05, 4.69) is 0 Å². The van der Waals surface area contributed by atoms with Gasteiger partial charge in [0, 0.05) is 13.1 Å². The summed E-state index contributed by atoms with van der Waals surface area (Å²) in [6.07, 6.45) is 2.84. The number of amides is 1. The Morgan fingerprint density at radius 1 is 1.29 bits per heavy atom. The highest BCUT2D eigenvalue weighted by Crippen LogP contribution is 2.11. The van der Waals surface area contributed by atoms with Crippen LogP contribution in [0.15, 0.2) is 0 Å². The van der Waals surface area contributed by atoms with Crippen molar-refractivity contribution in [2.75, 3.05) is 19.7 Å². The lowest BCUT2D eigenvalue weighted by atomic mass is 10.2. The van der Waals surface area contributed by atoms with E-state index in [0.29, 0.717) is 13.0 Å². The standard InChI is InChI=1S/C11H21NO2/c1-11(2,3)14-9-6-10(13)12-7-4-5-8-12/h4-9H2,1-3H3. The van der Waals surface area contributed by atoms with Gasteiger partial charge in [-0.15, -0.1) is 0 Å². The minimum Gasteiger partial charge on any atom is -0.375 e. The predicted molar refractivity (Wildman–Crippen MR) is 56.1 cm³/mol. The van der Waals surface area contributed by atoms with Gasteiger partial charge in [0.25, 0.3) is 0 Å². The maximum atomic E-state index is 11.6. The first-order chi connectivity index (χ1) is 6.49. The summed E-state index contributed by atoms with van der Waals surface area (Å²) < 4.78 is 5.51. The number of ether oxygens (including phenoxy) is 1. The van der Waals surface area contributed by atoms with E-state index >= 15 is 0 Å². The SMILES string of the molecule is CC(C)(C)OCCC(=O)N1CCCC1. The number of likely N-dealkylation sites (tertiary alicyclic amines) is 1. The molecule has 0 aromatic carbocycles. The van der Waals surface area contributed by atoms with E-state index < -0.39 is 0 Å². The highest BCUT2D eigenvalue weighted by atomic mass is 16.5. The van der Waals surface area contributed by atoms with Crippen LogP contribution in [0.25, 0.3) is 0 Å². The minimum absolute atomic E-state index is 0.134. The molecule has 0 aromatic heterocycles. The van der Waals surface area contributed by atoms with E-state index in [1.165, 1.54) is 0 Å². The maximum absolute atomic E-state index is 11.6. The third-order valence-corrected chi connectivity index (χ3v) is 2.31. The average molecular weight is 199 g/mol. The lowest BCUT2D eigenvalue weighted by molar-refractivity contribution is -0.132. The van der Waals surface area contributed by atoms with Crippen LogP contribution in [0.2, 0.25) is 0 Å². The molecule has 0 saturated carbocycles. The fraction of sp³-hybridized carbons (Fsp3) is 0.909. The Hall–Kier alpha value is -0.570. The van der Waals surface area contributed by atoms with Gasteiger partial charge in [-0.3, -0.25) is 4.79 Å². The van der Waals surface area contributed by atoms with Gasteiger partial charge >= 0.3 is 0 Å². The lowest BCUT2D eigenvalue weighted by Gasteiger charge is -2.20. The van der Waals surface area contributed by atoms with Gasteiger partial charge in [-0.25, -0.2) is 0 Å². The molecule has 1 aliphatic heterocycles. The molecular formula is C11H21NO2. The van der Waals surface area contributed by atoms with E-state index in [-0.39, 0.29) is 11.5 Å². The first-order valence-electron chi connectivity index (χ1n) is 5.41. The molecule has 1 heterocycles. The minimum atomic E-state index is -0.134. The Balaban J connectivity index is 2.15. The quantitative estimate of drug-likeness (QED) is 0.694. The summed E-state index contributed by atoms with van der Waals surface area (Å²) >= 11 is 0. The molecule has 1 rings (SSSR count). The first kappa shape index (κ1) is 11.5. The van der Waals surface area contributed by atoms with Crippen LogP contribution in [0.5, 0.6) is 0 Å². The Bertz CT molecular complexity index is 190. The zero-order valence-electron chi connectivity index (χ0n) is 9.51. The van der Waals surface area contributed by atoms with Gasteiger partial charge in [-0.05, 0) is 33.6 Å². The van der Waals surface area contributed by atoms with Crippen LogP contribution >= 0.6 is 0 Å². The normalized spacial score (nSPS) is 17.5. The second-order valence-electron chi connectivity index (χ2n) is 4.80. The van der Waals surface area contributed by atoms with Crippen molar-refractivity contribution in [1.29, 1.82) is 0 Å². The molecule has 14 heavy (non-hydrogen) atoms. The Kier molecular flexibility index (Phi) is 3.93.